The first-order valence-corrected chi connectivity index (χ1v) is 8.25. The van der Waals surface area contributed by atoms with Crippen molar-refractivity contribution in [3.05, 3.63) is 45.7 Å². The number of methoxy groups -OCH3 is 1. The SMILES string of the molecule is COc1cc2nc(C(F)(F)F)c(-c3cnn(CCC(F)(F)F)c3)c(=O)n2cc1Cl. The van der Waals surface area contributed by atoms with Crippen molar-refractivity contribution in [3.8, 4) is 16.9 Å². The van der Waals surface area contributed by atoms with Crippen molar-refractivity contribution in [3.63, 3.8) is 0 Å². The van der Waals surface area contributed by atoms with Gasteiger partial charge in [0.25, 0.3) is 5.56 Å². The molecule has 0 saturated carbocycles. The van der Waals surface area contributed by atoms with E-state index in [9.17, 15) is 31.1 Å². The summed E-state index contributed by atoms with van der Waals surface area (Å²) in [5.74, 6) is 0.0133. The summed E-state index contributed by atoms with van der Waals surface area (Å²) < 4.78 is 84.3. The van der Waals surface area contributed by atoms with Gasteiger partial charge < -0.3 is 4.74 Å². The molecule has 3 aromatic heterocycles. The number of fused-ring (bicyclic) bond motifs is 1. The summed E-state index contributed by atoms with van der Waals surface area (Å²) >= 11 is 5.93. The minimum absolute atomic E-state index is 0.0133. The highest BCUT2D eigenvalue weighted by Gasteiger charge is 2.38. The first-order valence-electron chi connectivity index (χ1n) is 7.87. The Morgan fingerprint density at radius 3 is 2.45 bits per heavy atom. The molecule has 0 aliphatic heterocycles. The average Bonchev–Trinajstić information content (AvgIpc) is 3.07. The van der Waals surface area contributed by atoms with Gasteiger partial charge in [0.1, 0.15) is 11.4 Å². The molecule has 0 aliphatic rings. The molecular weight excluding hydrogens is 430 g/mol. The Labute approximate surface area is 163 Å². The maximum absolute atomic E-state index is 13.6. The number of pyridine rings is 1. The second kappa shape index (κ2) is 7.25. The second-order valence-electron chi connectivity index (χ2n) is 5.91. The van der Waals surface area contributed by atoms with Crippen LogP contribution in [0.4, 0.5) is 26.3 Å². The van der Waals surface area contributed by atoms with Gasteiger partial charge in [0.15, 0.2) is 5.69 Å². The monoisotopic (exact) mass is 440 g/mol. The van der Waals surface area contributed by atoms with Crippen LogP contribution in [0.2, 0.25) is 5.02 Å². The van der Waals surface area contributed by atoms with Gasteiger partial charge in [0.05, 0.1) is 30.3 Å². The molecule has 0 unspecified atom stereocenters. The molecule has 3 aromatic rings. The highest BCUT2D eigenvalue weighted by atomic mass is 35.5. The van der Waals surface area contributed by atoms with Crippen LogP contribution in [0.3, 0.4) is 0 Å². The Hall–Kier alpha value is -2.76. The van der Waals surface area contributed by atoms with E-state index in [1.807, 2.05) is 0 Å². The van der Waals surface area contributed by atoms with Crippen molar-refractivity contribution in [1.82, 2.24) is 19.2 Å². The number of hydrogen-bond acceptors (Lipinski definition) is 4. The summed E-state index contributed by atoms with van der Waals surface area (Å²) in [6.07, 6.45) is -7.86. The Bertz CT molecular complexity index is 1120. The average molecular weight is 441 g/mol. The maximum atomic E-state index is 13.6. The summed E-state index contributed by atoms with van der Waals surface area (Å²) in [5, 5.41) is 3.57. The van der Waals surface area contributed by atoms with E-state index in [2.05, 4.69) is 10.1 Å². The fourth-order valence-corrected chi connectivity index (χ4v) is 2.85. The fourth-order valence-electron chi connectivity index (χ4n) is 2.62. The number of alkyl halides is 6. The lowest BCUT2D eigenvalue weighted by Crippen LogP contribution is -2.24. The number of ether oxygens (including phenoxy) is 1. The van der Waals surface area contributed by atoms with E-state index in [1.54, 1.807) is 0 Å². The third-order valence-corrected chi connectivity index (χ3v) is 4.20. The van der Waals surface area contributed by atoms with Gasteiger partial charge in [-0.2, -0.15) is 31.4 Å². The second-order valence-corrected chi connectivity index (χ2v) is 6.32. The van der Waals surface area contributed by atoms with Crippen molar-refractivity contribution >= 4 is 17.2 Å². The van der Waals surface area contributed by atoms with Crippen molar-refractivity contribution in [1.29, 1.82) is 0 Å². The third kappa shape index (κ3) is 4.31. The molecule has 0 saturated heterocycles. The molecule has 0 spiro atoms. The number of aryl methyl sites for hydroxylation is 1. The lowest BCUT2D eigenvalue weighted by atomic mass is 10.1. The van der Waals surface area contributed by atoms with Gasteiger partial charge in [-0.15, -0.1) is 0 Å². The topological polar surface area (TPSA) is 61.4 Å². The van der Waals surface area contributed by atoms with E-state index < -0.39 is 42.1 Å². The van der Waals surface area contributed by atoms with Crippen LogP contribution >= 0.6 is 11.6 Å². The van der Waals surface area contributed by atoms with Gasteiger partial charge in [-0.3, -0.25) is 13.9 Å². The highest BCUT2D eigenvalue weighted by molar-refractivity contribution is 6.32. The number of aromatic nitrogens is 4. The number of halogens is 7. The van der Waals surface area contributed by atoms with Crippen LogP contribution in [-0.2, 0) is 12.7 Å². The Balaban J connectivity index is 2.20. The van der Waals surface area contributed by atoms with Crippen LogP contribution in [0.1, 0.15) is 12.1 Å². The zero-order valence-electron chi connectivity index (χ0n) is 14.5. The zero-order valence-corrected chi connectivity index (χ0v) is 15.2. The quantitative estimate of drug-likeness (QED) is 0.571. The maximum Gasteiger partial charge on any atom is 0.434 e. The molecule has 3 heterocycles. The van der Waals surface area contributed by atoms with Crippen molar-refractivity contribution < 1.29 is 31.1 Å². The Kier molecular flexibility index (Phi) is 5.24. The lowest BCUT2D eigenvalue weighted by molar-refractivity contribution is -0.140. The summed E-state index contributed by atoms with van der Waals surface area (Å²) in [6, 6.07) is 1.06. The Morgan fingerprint density at radius 2 is 1.86 bits per heavy atom. The molecule has 0 atom stereocenters. The summed E-state index contributed by atoms with van der Waals surface area (Å²) in [6.45, 7) is -0.615. The molecule has 0 radical (unpaired) electrons. The predicted octanol–water partition coefficient (Wildman–Crippen LogP) is 4.19. The largest absolute Gasteiger partial charge is 0.495 e. The van der Waals surface area contributed by atoms with E-state index in [1.165, 1.54) is 7.11 Å². The molecule has 0 N–H and O–H groups in total. The third-order valence-electron chi connectivity index (χ3n) is 3.92. The van der Waals surface area contributed by atoms with Gasteiger partial charge in [-0.25, -0.2) is 4.98 Å². The first-order chi connectivity index (χ1) is 13.4. The van der Waals surface area contributed by atoms with E-state index in [-0.39, 0.29) is 22.0 Å². The molecule has 0 fully saturated rings. The molecule has 0 aromatic carbocycles. The highest BCUT2D eigenvalue weighted by Crippen LogP contribution is 2.35. The van der Waals surface area contributed by atoms with E-state index in [0.29, 0.717) is 0 Å². The molecule has 0 bridgehead atoms. The van der Waals surface area contributed by atoms with Crippen LogP contribution in [0.5, 0.6) is 5.75 Å². The summed E-state index contributed by atoms with van der Waals surface area (Å²) in [4.78, 5) is 16.3. The van der Waals surface area contributed by atoms with Crippen LogP contribution in [0.15, 0.2) is 29.5 Å². The molecule has 3 rings (SSSR count). The van der Waals surface area contributed by atoms with Crippen molar-refractivity contribution in [2.45, 2.75) is 25.3 Å². The van der Waals surface area contributed by atoms with Gasteiger partial charge in [0, 0.05) is 30.6 Å². The lowest BCUT2D eigenvalue weighted by Gasteiger charge is -2.13. The van der Waals surface area contributed by atoms with E-state index in [4.69, 9.17) is 16.3 Å². The predicted molar refractivity (Wildman–Crippen MR) is 89.9 cm³/mol. The molecule has 156 valence electrons. The smallest absolute Gasteiger partial charge is 0.434 e. The van der Waals surface area contributed by atoms with Crippen molar-refractivity contribution in [2.24, 2.45) is 0 Å². The molecule has 0 amide bonds. The fraction of sp³-hybridized carbons (Fsp3) is 0.312. The molecule has 29 heavy (non-hydrogen) atoms. The molecular formula is C16H11ClF6N4O2. The van der Waals surface area contributed by atoms with Crippen LogP contribution in [-0.4, -0.2) is 32.5 Å². The normalized spacial score (nSPS) is 12.6. The van der Waals surface area contributed by atoms with E-state index in [0.717, 1.165) is 33.7 Å². The van der Waals surface area contributed by atoms with Gasteiger partial charge in [0.2, 0.25) is 0 Å². The first kappa shape index (κ1) is 21.0. The minimum atomic E-state index is -5.01. The van der Waals surface area contributed by atoms with Crippen LogP contribution in [0, 0.1) is 0 Å². The van der Waals surface area contributed by atoms with Gasteiger partial charge in [-0.1, -0.05) is 11.6 Å². The van der Waals surface area contributed by atoms with Crippen LogP contribution < -0.4 is 10.3 Å². The summed E-state index contributed by atoms with van der Waals surface area (Å²) in [7, 11) is 1.24. The van der Waals surface area contributed by atoms with Gasteiger partial charge in [-0.05, 0) is 0 Å². The number of hydrogen-bond donors (Lipinski definition) is 0. The van der Waals surface area contributed by atoms with E-state index >= 15 is 0 Å². The van der Waals surface area contributed by atoms with Crippen LogP contribution in [0.25, 0.3) is 16.8 Å². The number of nitrogens with zero attached hydrogens (tertiary/aromatic N) is 4. The number of rotatable bonds is 4. The molecule has 13 heteroatoms. The molecule has 6 nitrogen and oxygen atoms in total. The Morgan fingerprint density at radius 1 is 1.17 bits per heavy atom. The minimum Gasteiger partial charge on any atom is -0.495 e. The molecule has 0 aliphatic carbocycles. The zero-order chi connectivity index (χ0) is 21.6. The van der Waals surface area contributed by atoms with Crippen molar-refractivity contribution in [2.75, 3.05) is 7.11 Å². The summed E-state index contributed by atoms with van der Waals surface area (Å²) in [5.41, 5.74) is -4.14. The van der Waals surface area contributed by atoms with Gasteiger partial charge >= 0.3 is 12.4 Å². The standard InChI is InChI=1S/C16H11ClF6N4O2/c1-29-10-4-11-25-13(16(21,22)23)12(14(28)27(11)7-9(10)17)8-5-24-26(6-8)3-2-15(18,19)20/h4-7H,2-3H2,1H3.